The molecule has 304 valence electrons. The number of unbranched alkanes of at least 4 members (excludes halogenated alkanes) is 20. The van der Waals surface area contributed by atoms with Crippen molar-refractivity contribution in [2.24, 2.45) is 5.73 Å². The zero-order valence-corrected chi connectivity index (χ0v) is 33.5. The van der Waals surface area contributed by atoms with E-state index in [1.165, 1.54) is 89.9 Å². The highest BCUT2D eigenvalue weighted by molar-refractivity contribution is 7.47. The molecule has 1 unspecified atom stereocenters. The molecule has 0 rings (SSSR count). The Balaban J connectivity index is 4.29. The molecule has 0 bridgehead atoms. The highest BCUT2D eigenvalue weighted by Crippen LogP contribution is 2.43. The van der Waals surface area contributed by atoms with E-state index in [2.05, 4.69) is 42.7 Å². The van der Waals surface area contributed by atoms with Crippen molar-refractivity contribution in [2.45, 2.75) is 193 Å². The first-order valence-corrected chi connectivity index (χ1v) is 21.9. The first kappa shape index (κ1) is 50.0. The Hall–Kier alpha value is -2.04. The first-order chi connectivity index (χ1) is 25.1. The summed E-state index contributed by atoms with van der Waals surface area (Å²) in [6.07, 6.45) is 35.4. The van der Waals surface area contributed by atoms with Gasteiger partial charge < -0.3 is 25.2 Å². The lowest BCUT2D eigenvalue weighted by Crippen LogP contribution is -2.34. The number of rotatable bonds is 38. The van der Waals surface area contributed by atoms with E-state index >= 15 is 0 Å². The van der Waals surface area contributed by atoms with Gasteiger partial charge in [-0.2, -0.15) is 0 Å². The lowest BCUT2D eigenvalue weighted by molar-refractivity contribution is -0.161. The van der Waals surface area contributed by atoms with Crippen LogP contribution >= 0.6 is 7.82 Å². The number of nitrogens with two attached hydrogens (primary N) is 1. The molecule has 0 aromatic heterocycles. The molecule has 0 amide bonds. The lowest BCUT2D eigenvalue weighted by atomic mass is 10.1. The zero-order valence-electron chi connectivity index (χ0n) is 32.7. The number of hydrogen-bond donors (Lipinski definition) is 3. The van der Waals surface area contributed by atoms with Gasteiger partial charge in [-0.3, -0.25) is 23.4 Å². The minimum atomic E-state index is -4.70. The third-order valence-corrected chi connectivity index (χ3v) is 9.65. The van der Waals surface area contributed by atoms with Crippen molar-refractivity contribution < 1.29 is 47.5 Å². The maximum Gasteiger partial charge on any atom is 0.472 e. The van der Waals surface area contributed by atoms with Crippen LogP contribution in [0, 0.1) is 0 Å². The number of carboxylic acids is 1. The smallest absolute Gasteiger partial charge is 0.472 e. The Labute approximate surface area is 315 Å². The fraction of sp³-hybridized carbons (Fsp3) is 0.825. The van der Waals surface area contributed by atoms with Gasteiger partial charge in [0.1, 0.15) is 12.6 Å². The second-order valence-corrected chi connectivity index (χ2v) is 15.2. The molecular weight excluding hydrogens is 685 g/mol. The summed E-state index contributed by atoms with van der Waals surface area (Å²) in [6.45, 7) is 2.74. The molecule has 4 N–H and O–H groups in total. The fourth-order valence-electron chi connectivity index (χ4n) is 5.45. The number of phosphoric acid groups is 1. The van der Waals surface area contributed by atoms with Crippen LogP contribution in [0.15, 0.2) is 24.3 Å². The van der Waals surface area contributed by atoms with Gasteiger partial charge in [-0.25, -0.2) is 4.57 Å². The number of ether oxygens (including phenoxy) is 2. The first-order valence-electron chi connectivity index (χ1n) is 20.4. The van der Waals surface area contributed by atoms with Crippen LogP contribution in [0.3, 0.4) is 0 Å². The molecule has 52 heavy (non-hydrogen) atoms. The zero-order chi connectivity index (χ0) is 38.5. The quantitative estimate of drug-likeness (QED) is 0.0237. The average Bonchev–Trinajstić information content (AvgIpc) is 3.12. The summed E-state index contributed by atoms with van der Waals surface area (Å²) in [5.41, 5.74) is 5.31. The van der Waals surface area contributed by atoms with Gasteiger partial charge in [-0.1, -0.05) is 147 Å². The highest BCUT2D eigenvalue weighted by Gasteiger charge is 2.28. The van der Waals surface area contributed by atoms with Crippen LogP contribution < -0.4 is 5.73 Å². The van der Waals surface area contributed by atoms with Crippen LogP contribution in [-0.4, -0.2) is 59.9 Å². The van der Waals surface area contributed by atoms with E-state index in [0.717, 1.165) is 51.4 Å². The summed E-state index contributed by atoms with van der Waals surface area (Å²) in [5.74, 6) is -2.38. The lowest BCUT2D eigenvalue weighted by Gasteiger charge is -2.20. The SMILES string of the molecule is CCCCC/C=C\C/C=C\CCCCCCCCCCCC(=O)OC[C@H](COP(=O)(O)OC[C@H](N)C(=O)O)OC(=O)CCCCCCCCCCC. The number of carboxylic acid groups (broad SMARTS) is 1. The third kappa shape index (κ3) is 35.0. The summed E-state index contributed by atoms with van der Waals surface area (Å²) in [4.78, 5) is 45.7. The highest BCUT2D eigenvalue weighted by atomic mass is 31.2. The normalized spacial score (nSPS) is 14.1. The topological polar surface area (TPSA) is 172 Å². The van der Waals surface area contributed by atoms with Crippen molar-refractivity contribution in [3.8, 4) is 0 Å². The van der Waals surface area contributed by atoms with Gasteiger partial charge in [0.05, 0.1) is 13.2 Å². The van der Waals surface area contributed by atoms with E-state index in [1.807, 2.05) is 0 Å². The molecule has 0 radical (unpaired) electrons. The number of carbonyl (C=O) groups is 3. The Kier molecular flexibility index (Phi) is 34.6. The van der Waals surface area contributed by atoms with Crippen molar-refractivity contribution in [3.05, 3.63) is 24.3 Å². The summed E-state index contributed by atoms with van der Waals surface area (Å²) >= 11 is 0. The minimum absolute atomic E-state index is 0.162. The Bertz CT molecular complexity index is 989. The van der Waals surface area contributed by atoms with Gasteiger partial charge in [0.25, 0.3) is 0 Å². The molecule has 0 saturated carbocycles. The Morgan fingerprint density at radius 2 is 1.02 bits per heavy atom. The van der Waals surface area contributed by atoms with E-state index in [-0.39, 0.29) is 19.4 Å². The van der Waals surface area contributed by atoms with Crippen molar-refractivity contribution in [1.29, 1.82) is 0 Å². The Morgan fingerprint density at radius 3 is 1.54 bits per heavy atom. The second kappa shape index (κ2) is 36.0. The molecule has 0 aromatic carbocycles. The summed E-state index contributed by atoms with van der Waals surface area (Å²) in [6, 6.07) is -1.52. The van der Waals surface area contributed by atoms with Gasteiger partial charge in [0, 0.05) is 12.8 Å². The molecule has 0 aliphatic rings. The van der Waals surface area contributed by atoms with E-state index in [4.69, 9.17) is 24.8 Å². The molecule has 0 fully saturated rings. The van der Waals surface area contributed by atoms with Gasteiger partial charge in [0.15, 0.2) is 6.10 Å². The molecule has 0 heterocycles. The van der Waals surface area contributed by atoms with Gasteiger partial charge in [-0.05, 0) is 44.9 Å². The summed E-state index contributed by atoms with van der Waals surface area (Å²) in [5, 5.41) is 8.86. The van der Waals surface area contributed by atoms with Crippen molar-refractivity contribution in [3.63, 3.8) is 0 Å². The number of phosphoric ester groups is 1. The molecule has 0 aromatic rings. The number of aliphatic carboxylic acids is 1. The molecule has 12 heteroatoms. The van der Waals surface area contributed by atoms with E-state index in [0.29, 0.717) is 12.8 Å². The van der Waals surface area contributed by atoms with Crippen molar-refractivity contribution in [2.75, 3.05) is 19.8 Å². The third-order valence-electron chi connectivity index (χ3n) is 8.70. The predicted molar refractivity (Wildman–Crippen MR) is 208 cm³/mol. The predicted octanol–water partition coefficient (Wildman–Crippen LogP) is 10.3. The molecule has 0 aliphatic carbocycles. The summed E-state index contributed by atoms with van der Waals surface area (Å²) in [7, 11) is -4.70. The van der Waals surface area contributed by atoms with E-state index < -0.39 is 51.1 Å². The van der Waals surface area contributed by atoms with Crippen molar-refractivity contribution in [1.82, 2.24) is 0 Å². The molecule has 11 nitrogen and oxygen atoms in total. The molecule has 0 spiro atoms. The number of carbonyl (C=O) groups excluding carboxylic acids is 2. The van der Waals surface area contributed by atoms with Crippen LogP contribution in [0.25, 0.3) is 0 Å². The molecular formula is C40H74NO10P. The number of allylic oxidation sites excluding steroid dienone is 4. The van der Waals surface area contributed by atoms with E-state index in [9.17, 15) is 23.8 Å². The van der Waals surface area contributed by atoms with Gasteiger partial charge in [-0.15, -0.1) is 0 Å². The maximum absolute atomic E-state index is 12.5. The number of hydrogen-bond acceptors (Lipinski definition) is 9. The number of esters is 2. The minimum Gasteiger partial charge on any atom is -0.480 e. The molecule has 3 atom stereocenters. The standard InChI is InChI=1S/C40H74NO10P/c1-3-5-7-9-11-13-14-15-16-17-18-19-20-21-22-24-25-27-29-31-38(42)48-33-36(34-49-52(46,47)50-35-37(41)40(44)45)51-39(43)32-30-28-26-23-12-10-8-6-4-2/h11,13,15-16,36-37H,3-10,12,14,17-35,41H2,1-2H3,(H,44,45)(H,46,47)/b13-11-,16-15-/t36-,37+/m1/s1. The maximum atomic E-state index is 12.5. The monoisotopic (exact) mass is 760 g/mol. The van der Waals surface area contributed by atoms with Crippen molar-refractivity contribution >= 4 is 25.7 Å². The molecule has 0 saturated heterocycles. The van der Waals surface area contributed by atoms with Gasteiger partial charge >= 0.3 is 25.7 Å². The largest absolute Gasteiger partial charge is 0.480 e. The van der Waals surface area contributed by atoms with Crippen LogP contribution in [0.4, 0.5) is 0 Å². The average molecular weight is 760 g/mol. The fourth-order valence-corrected chi connectivity index (χ4v) is 6.23. The van der Waals surface area contributed by atoms with Crippen LogP contribution in [0.5, 0.6) is 0 Å². The molecule has 0 aliphatic heterocycles. The second-order valence-electron chi connectivity index (χ2n) is 13.8. The van der Waals surface area contributed by atoms with Gasteiger partial charge in [0.2, 0.25) is 0 Å². The van der Waals surface area contributed by atoms with Crippen LogP contribution in [0.2, 0.25) is 0 Å². The van der Waals surface area contributed by atoms with Crippen LogP contribution in [-0.2, 0) is 37.5 Å². The summed E-state index contributed by atoms with van der Waals surface area (Å²) < 4.78 is 32.5. The van der Waals surface area contributed by atoms with E-state index in [1.54, 1.807) is 0 Å². The van der Waals surface area contributed by atoms with Crippen LogP contribution in [0.1, 0.15) is 181 Å². The Morgan fingerprint density at radius 1 is 0.596 bits per heavy atom.